The number of rotatable bonds is 9. The largest absolute Gasteiger partial charge is 0.493 e. The normalized spacial score (nSPS) is 11.9. The summed E-state index contributed by atoms with van der Waals surface area (Å²) in [6.07, 6.45) is 0.860. The van der Waals surface area contributed by atoms with Crippen LogP contribution in [0.25, 0.3) is 0 Å². The number of carbonyl (C=O) groups excluding carboxylic acids is 1. The number of benzene rings is 2. The summed E-state index contributed by atoms with van der Waals surface area (Å²) >= 11 is 0. The molecule has 0 unspecified atom stereocenters. The lowest BCUT2D eigenvalue weighted by atomic mass is 10.2. The van der Waals surface area contributed by atoms with Gasteiger partial charge in [0, 0.05) is 19.2 Å². The maximum Gasteiger partial charge on any atom is 0.266 e. The molecule has 0 aliphatic rings. The van der Waals surface area contributed by atoms with Crippen molar-refractivity contribution in [1.29, 1.82) is 0 Å². The molecule has 0 N–H and O–H groups in total. The minimum absolute atomic E-state index is 0.139. The molecule has 6 heteroatoms. The van der Waals surface area contributed by atoms with Crippen LogP contribution >= 0.6 is 0 Å². The lowest BCUT2D eigenvalue weighted by Crippen LogP contribution is -2.35. The molecule has 0 heterocycles. The van der Waals surface area contributed by atoms with E-state index in [1.807, 2.05) is 49.4 Å². The molecule has 27 heavy (non-hydrogen) atoms. The summed E-state index contributed by atoms with van der Waals surface area (Å²) in [5.74, 6) is 1.15. The molecular weight excluding hydrogens is 344 g/mol. The third-order valence-electron chi connectivity index (χ3n) is 3.89. The molecule has 0 aliphatic carbocycles. The molecule has 0 radical (unpaired) electrons. The zero-order valence-electron chi connectivity index (χ0n) is 16.2. The molecule has 1 atom stereocenters. The molecule has 0 fully saturated rings. The van der Waals surface area contributed by atoms with Crippen molar-refractivity contribution in [3.05, 3.63) is 59.7 Å². The fourth-order valence-corrected chi connectivity index (χ4v) is 2.51. The first-order chi connectivity index (χ1) is 13.0. The Morgan fingerprint density at radius 1 is 1.19 bits per heavy atom. The Hall–Kier alpha value is -3.02. The highest BCUT2D eigenvalue weighted by molar-refractivity contribution is 5.82. The van der Waals surface area contributed by atoms with Crippen molar-refractivity contribution in [3.8, 4) is 11.5 Å². The van der Waals surface area contributed by atoms with Gasteiger partial charge in [-0.05, 0) is 37.6 Å². The second kappa shape index (κ2) is 10.2. The molecule has 0 saturated heterocycles. The molecule has 144 valence electrons. The van der Waals surface area contributed by atoms with Gasteiger partial charge in [0.25, 0.3) is 5.91 Å². The van der Waals surface area contributed by atoms with E-state index in [1.54, 1.807) is 38.3 Å². The van der Waals surface area contributed by atoms with Crippen LogP contribution < -0.4 is 9.47 Å². The maximum absolute atomic E-state index is 12.4. The van der Waals surface area contributed by atoms with Crippen LogP contribution in [0.5, 0.6) is 11.5 Å². The highest BCUT2D eigenvalue weighted by Gasteiger charge is 2.19. The second-order valence-corrected chi connectivity index (χ2v) is 6.01. The Bertz CT molecular complexity index is 762. The smallest absolute Gasteiger partial charge is 0.266 e. The summed E-state index contributed by atoms with van der Waals surface area (Å²) in [5, 5.41) is 3.93. The van der Waals surface area contributed by atoms with Gasteiger partial charge in [-0.25, -0.2) is 0 Å². The number of amides is 1. The van der Waals surface area contributed by atoms with Crippen molar-refractivity contribution >= 4 is 12.1 Å². The molecule has 2 aromatic rings. The Kier molecular flexibility index (Phi) is 7.67. The van der Waals surface area contributed by atoms with Crippen LogP contribution in [0.1, 0.15) is 25.0 Å². The van der Waals surface area contributed by atoms with Crippen LogP contribution in [0.15, 0.2) is 53.7 Å². The third-order valence-corrected chi connectivity index (χ3v) is 3.89. The number of carbonyl (C=O) groups is 1. The molecule has 1 amide bonds. The summed E-state index contributed by atoms with van der Waals surface area (Å²) in [6, 6.07) is 15.2. The number of ether oxygens (including phenoxy) is 2. The molecule has 0 aromatic heterocycles. The zero-order valence-corrected chi connectivity index (χ0v) is 16.2. The zero-order chi connectivity index (χ0) is 19.6. The first-order valence-corrected chi connectivity index (χ1v) is 8.84. The van der Waals surface area contributed by atoms with E-state index in [4.69, 9.17) is 14.3 Å². The second-order valence-electron chi connectivity index (χ2n) is 6.01. The van der Waals surface area contributed by atoms with Gasteiger partial charge >= 0.3 is 0 Å². The topological polar surface area (TPSA) is 60.4 Å². The van der Waals surface area contributed by atoms with Crippen LogP contribution in [0.3, 0.4) is 0 Å². The minimum Gasteiger partial charge on any atom is -0.493 e. The van der Waals surface area contributed by atoms with Crippen LogP contribution in [0.4, 0.5) is 0 Å². The van der Waals surface area contributed by atoms with Crippen LogP contribution in [-0.2, 0) is 16.2 Å². The van der Waals surface area contributed by atoms with Gasteiger partial charge in [-0.15, -0.1) is 0 Å². The minimum atomic E-state index is -0.681. The van der Waals surface area contributed by atoms with Gasteiger partial charge in [0.1, 0.15) is 0 Å². The Morgan fingerprint density at radius 3 is 2.59 bits per heavy atom. The van der Waals surface area contributed by atoms with Crippen LogP contribution in [-0.4, -0.2) is 43.9 Å². The Balaban J connectivity index is 1.91. The van der Waals surface area contributed by atoms with Gasteiger partial charge in [-0.1, -0.05) is 35.5 Å². The van der Waals surface area contributed by atoms with Gasteiger partial charge in [-0.3, -0.25) is 4.79 Å². The number of likely N-dealkylation sites (N-methyl/N-ethyl adjacent to an activating group) is 1. The quantitative estimate of drug-likeness (QED) is 0.501. The number of hydrogen-bond acceptors (Lipinski definition) is 5. The Morgan fingerprint density at radius 2 is 1.93 bits per heavy atom. The standard InChI is InChI=1S/C21H26N2O4/c1-5-26-19-12-11-18(13-20(19)25-4)14-22-27-16(2)21(24)23(3)15-17-9-7-6-8-10-17/h6-14,16H,5,15H2,1-4H3/b22-14-/t16-/m0/s1. The maximum atomic E-state index is 12.4. The van der Waals surface area contributed by atoms with Crippen molar-refractivity contribution in [2.75, 3.05) is 20.8 Å². The van der Waals surface area contributed by atoms with Gasteiger partial charge in [0.2, 0.25) is 6.10 Å². The van der Waals surface area contributed by atoms with Crippen LogP contribution in [0, 0.1) is 0 Å². The van der Waals surface area contributed by atoms with E-state index in [0.29, 0.717) is 24.7 Å². The number of methoxy groups -OCH3 is 1. The van der Waals surface area contributed by atoms with Gasteiger partial charge in [0.05, 0.1) is 19.9 Å². The van der Waals surface area contributed by atoms with E-state index >= 15 is 0 Å². The lowest BCUT2D eigenvalue weighted by Gasteiger charge is -2.20. The average molecular weight is 370 g/mol. The van der Waals surface area contributed by atoms with Gasteiger partial charge < -0.3 is 19.2 Å². The molecule has 2 rings (SSSR count). The SMILES string of the molecule is CCOc1ccc(/C=N\O[C@@H](C)C(=O)N(C)Cc2ccccc2)cc1OC. The highest BCUT2D eigenvalue weighted by atomic mass is 16.6. The van der Waals surface area contributed by atoms with Crippen molar-refractivity contribution < 1.29 is 19.1 Å². The van der Waals surface area contributed by atoms with Crippen molar-refractivity contribution in [2.24, 2.45) is 5.16 Å². The predicted molar refractivity (Wildman–Crippen MR) is 105 cm³/mol. The molecule has 0 bridgehead atoms. The van der Waals surface area contributed by atoms with E-state index < -0.39 is 6.10 Å². The van der Waals surface area contributed by atoms with E-state index in [-0.39, 0.29) is 5.91 Å². The monoisotopic (exact) mass is 370 g/mol. The molecule has 6 nitrogen and oxygen atoms in total. The summed E-state index contributed by atoms with van der Waals surface area (Å²) in [7, 11) is 3.33. The fourth-order valence-electron chi connectivity index (χ4n) is 2.51. The summed E-state index contributed by atoms with van der Waals surface area (Å²) in [6.45, 7) is 4.67. The predicted octanol–water partition coefficient (Wildman–Crippen LogP) is 3.49. The molecule has 0 aliphatic heterocycles. The summed E-state index contributed by atoms with van der Waals surface area (Å²) in [5.41, 5.74) is 1.85. The molecule has 2 aromatic carbocycles. The molecule has 0 spiro atoms. The first kappa shape index (κ1) is 20.3. The average Bonchev–Trinajstić information content (AvgIpc) is 2.69. The lowest BCUT2D eigenvalue weighted by molar-refractivity contribution is -0.141. The number of hydrogen-bond donors (Lipinski definition) is 0. The highest BCUT2D eigenvalue weighted by Crippen LogP contribution is 2.27. The molecular formula is C21H26N2O4. The Labute approximate surface area is 160 Å². The third kappa shape index (κ3) is 6.02. The first-order valence-electron chi connectivity index (χ1n) is 8.84. The van der Waals surface area contributed by atoms with E-state index in [9.17, 15) is 4.79 Å². The fraction of sp³-hybridized carbons (Fsp3) is 0.333. The number of oxime groups is 1. The summed E-state index contributed by atoms with van der Waals surface area (Å²) < 4.78 is 10.8. The van der Waals surface area contributed by atoms with Crippen molar-refractivity contribution in [2.45, 2.75) is 26.5 Å². The van der Waals surface area contributed by atoms with Crippen LogP contribution in [0.2, 0.25) is 0 Å². The van der Waals surface area contributed by atoms with E-state index in [2.05, 4.69) is 5.16 Å². The van der Waals surface area contributed by atoms with Gasteiger partial charge in [0.15, 0.2) is 11.5 Å². The summed E-state index contributed by atoms with van der Waals surface area (Å²) in [4.78, 5) is 19.3. The number of nitrogens with zero attached hydrogens (tertiary/aromatic N) is 2. The van der Waals surface area contributed by atoms with Gasteiger partial charge in [-0.2, -0.15) is 0 Å². The van der Waals surface area contributed by atoms with E-state index in [0.717, 1.165) is 11.1 Å². The van der Waals surface area contributed by atoms with Crippen molar-refractivity contribution in [1.82, 2.24) is 4.90 Å². The van der Waals surface area contributed by atoms with Crippen molar-refractivity contribution in [3.63, 3.8) is 0 Å². The molecule has 0 saturated carbocycles. The van der Waals surface area contributed by atoms with E-state index in [1.165, 1.54) is 0 Å².